The molecule has 0 bridgehead atoms. The quantitative estimate of drug-likeness (QED) is 0.815. The number of likely N-dealkylation sites (N-methyl/N-ethyl adjacent to an activating group) is 1. The number of hydrogen-bond acceptors (Lipinski definition) is 3. The van der Waals surface area contributed by atoms with Gasteiger partial charge in [0.1, 0.15) is 0 Å². The predicted octanol–water partition coefficient (Wildman–Crippen LogP) is 2.47. The molecule has 1 aliphatic heterocycles. The Morgan fingerprint density at radius 3 is 2.61 bits per heavy atom. The third-order valence-corrected chi connectivity index (χ3v) is 4.12. The second-order valence-corrected chi connectivity index (χ2v) is 5.75. The Balaban J connectivity index is 1.63. The molecule has 0 spiro atoms. The van der Waals surface area contributed by atoms with E-state index in [4.69, 9.17) is 4.74 Å². The molecule has 4 nitrogen and oxygen atoms in total. The van der Waals surface area contributed by atoms with Crippen molar-refractivity contribution in [2.24, 2.45) is 0 Å². The molecule has 3 rings (SSSR count). The number of carbonyl (C=O) groups excluding carboxylic acids is 2. The summed E-state index contributed by atoms with van der Waals surface area (Å²) in [5.41, 5.74) is 2.61. The summed E-state index contributed by atoms with van der Waals surface area (Å²) in [7, 11) is 1.75. The van der Waals surface area contributed by atoms with Gasteiger partial charge in [-0.1, -0.05) is 48.5 Å². The monoisotopic (exact) mass is 309 g/mol. The molecule has 23 heavy (non-hydrogen) atoms. The molecule has 118 valence electrons. The Morgan fingerprint density at radius 2 is 1.83 bits per heavy atom. The lowest BCUT2D eigenvalue weighted by Gasteiger charge is -2.27. The van der Waals surface area contributed by atoms with Crippen molar-refractivity contribution >= 4 is 11.9 Å². The van der Waals surface area contributed by atoms with Crippen LogP contribution >= 0.6 is 0 Å². The number of amides is 1. The van der Waals surface area contributed by atoms with Crippen LogP contribution < -0.4 is 0 Å². The maximum atomic E-state index is 12.5. The van der Waals surface area contributed by atoms with Crippen molar-refractivity contribution < 1.29 is 14.3 Å². The van der Waals surface area contributed by atoms with E-state index in [0.717, 1.165) is 12.0 Å². The lowest BCUT2D eigenvalue weighted by molar-refractivity contribution is -0.139. The third-order valence-electron chi connectivity index (χ3n) is 4.12. The molecular weight excluding hydrogens is 290 g/mol. The number of ether oxygens (including phenoxy) is 1. The number of rotatable bonds is 4. The topological polar surface area (TPSA) is 46.6 Å². The third kappa shape index (κ3) is 3.42. The molecular formula is C19H19NO3. The van der Waals surface area contributed by atoms with Crippen LogP contribution in [0.5, 0.6) is 0 Å². The lowest BCUT2D eigenvalue weighted by Crippen LogP contribution is -2.43. The van der Waals surface area contributed by atoms with E-state index >= 15 is 0 Å². The average molecular weight is 309 g/mol. The van der Waals surface area contributed by atoms with Crippen LogP contribution in [0.2, 0.25) is 0 Å². The van der Waals surface area contributed by atoms with Gasteiger partial charge in [0.05, 0.1) is 5.56 Å². The molecule has 0 fully saturated rings. The standard InChI is InChI=1S/C19H19NO3/c1-20(12-11-14-7-3-2-4-8-14)18(21)17-13-15-9-5-6-10-16(15)19(22)23-17/h2-10,17H,11-13H2,1H3. The maximum Gasteiger partial charge on any atom is 0.339 e. The van der Waals surface area contributed by atoms with E-state index in [0.29, 0.717) is 18.5 Å². The van der Waals surface area contributed by atoms with E-state index in [2.05, 4.69) is 0 Å². The van der Waals surface area contributed by atoms with Gasteiger partial charge in [0.15, 0.2) is 6.10 Å². The van der Waals surface area contributed by atoms with Crippen LogP contribution in [-0.4, -0.2) is 36.5 Å². The zero-order valence-corrected chi connectivity index (χ0v) is 13.1. The number of fused-ring (bicyclic) bond motifs is 1. The second-order valence-electron chi connectivity index (χ2n) is 5.75. The summed E-state index contributed by atoms with van der Waals surface area (Å²) < 4.78 is 5.32. The summed E-state index contributed by atoms with van der Waals surface area (Å²) in [5, 5.41) is 0. The molecule has 0 N–H and O–H groups in total. The molecule has 1 atom stereocenters. The molecule has 0 radical (unpaired) electrons. The summed E-state index contributed by atoms with van der Waals surface area (Å²) in [6.45, 7) is 0.596. The van der Waals surface area contributed by atoms with E-state index in [1.165, 1.54) is 5.56 Å². The molecule has 0 saturated carbocycles. The van der Waals surface area contributed by atoms with Crippen LogP contribution in [0.15, 0.2) is 54.6 Å². The fourth-order valence-electron chi connectivity index (χ4n) is 2.77. The Labute approximate surface area is 135 Å². The Kier molecular flexibility index (Phi) is 4.42. The molecule has 1 heterocycles. The summed E-state index contributed by atoms with van der Waals surface area (Å²) >= 11 is 0. The molecule has 0 aliphatic carbocycles. The minimum Gasteiger partial charge on any atom is -0.448 e. The SMILES string of the molecule is CN(CCc1ccccc1)C(=O)C1Cc2ccccc2C(=O)O1. The fourth-order valence-corrected chi connectivity index (χ4v) is 2.77. The summed E-state index contributed by atoms with van der Waals surface area (Å²) in [5.74, 6) is -0.564. The van der Waals surface area contributed by atoms with Crippen molar-refractivity contribution in [1.29, 1.82) is 0 Å². The molecule has 2 aromatic carbocycles. The van der Waals surface area contributed by atoms with E-state index in [9.17, 15) is 9.59 Å². The van der Waals surface area contributed by atoms with Crippen LogP contribution in [0.25, 0.3) is 0 Å². The molecule has 2 aromatic rings. The normalized spacial score (nSPS) is 16.4. The summed E-state index contributed by atoms with van der Waals surface area (Å²) in [6.07, 6.45) is 0.495. The van der Waals surface area contributed by atoms with Gasteiger partial charge in [-0.05, 0) is 23.6 Å². The van der Waals surface area contributed by atoms with Crippen molar-refractivity contribution in [1.82, 2.24) is 4.90 Å². The number of carbonyl (C=O) groups is 2. The van der Waals surface area contributed by atoms with Gasteiger partial charge in [-0.25, -0.2) is 4.79 Å². The van der Waals surface area contributed by atoms with Crippen LogP contribution in [0.4, 0.5) is 0 Å². The van der Waals surface area contributed by atoms with E-state index in [-0.39, 0.29) is 5.91 Å². The van der Waals surface area contributed by atoms with Crippen molar-refractivity contribution in [2.75, 3.05) is 13.6 Å². The van der Waals surface area contributed by atoms with Gasteiger partial charge in [-0.15, -0.1) is 0 Å². The van der Waals surface area contributed by atoms with Gasteiger partial charge in [0.2, 0.25) is 0 Å². The van der Waals surface area contributed by atoms with Crippen LogP contribution in [0, 0.1) is 0 Å². The van der Waals surface area contributed by atoms with Gasteiger partial charge in [0.25, 0.3) is 5.91 Å². The number of esters is 1. The molecule has 1 amide bonds. The molecule has 4 heteroatoms. The highest BCUT2D eigenvalue weighted by Gasteiger charge is 2.32. The van der Waals surface area contributed by atoms with Crippen molar-refractivity contribution in [3.63, 3.8) is 0 Å². The first kappa shape index (κ1) is 15.3. The second kappa shape index (κ2) is 6.65. The Hall–Kier alpha value is -2.62. The summed E-state index contributed by atoms with van der Waals surface area (Å²) in [4.78, 5) is 26.2. The molecule has 1 aliphatic rings. The number of benzene rings is 2. The molecule has 0 aromatic heterocycles. The Bertz CT molecular complexity index is 712. The van der Waals surface area contributed by atoms with E-state index in [1.807, 2.05) is 42.5 Å². The van der Waals surface area contributed by atoms with Crippen molar-refractivity contribution in [3.05, 3.63) is 71.3 Å². The smallest absolute Gasteiger partial charge is 0.339 e. The minimum absolute atomic E-state index is 0.149. The number of nitrogens with zero attached hydrogens (tertiary/aromatic N) is 1. The fraction of sp³-hybridized carbons (Fsp3) is 0.263. The van der Waals surface area contributed by atoms with Crippen LogP contribution in [0.3, 0.4) is 0 Å². The highest BCUT2D eigenvalue weighted by molar-refractivity contribution is 5.95. The van der Waals surface area contributed by atoms with Crippen LogP contribution in [-0.2, 0) is 22.4 Å². The first-order chi connectivity index (χ1) is 11.1. The number of hydrogen-bond donors (Lipinski definition) is 0. The zero-order valence-electron chi connectivity index (χ0n) is 13.1. The highest BCUT2D eigenvalue weighted by atomic mass is 16.5. The largest absolute Gasteiger partial charge is 0.448 e. The van der Waals surface area contributed by atoms with E-state index < -0.39 is 12.1 Å². The minimum atomic E-state index is -0.724. The summed E-state index contributed by atoms with van der Waals surface area (Å²) in [6, 6.07) is 17.3. The van der Waals surface area contributed by atoms with Gasteiger partial charge in [0, 0.05) is 20.0 Å². The lowest BCUT2D eigenvalue weighted by atomic mass is 9.98. The average Bonchev–Trinajstić information content (AvgIpc) is 2.60. The molecule has 0 saturated heterocycles. The van der Waals surface area contributed by atoms with E-state index in [1.54, 1.807) is 24.1 Å². The predicted molar refractivity (Wildman–Crippen MR) is 87.1 cm³/mol. The van der Waals surface area contributed by atoms with Crippen LogP contribution in [0.1, 0.15) is 21.5 Å². The van der Waals surface area contributed by atoms with Gasteiger partial charge in [-0.3, -0.25) is 4.79 Å². The Morgan fingerprint density at radius 1 is 1.13 bits per heavy atom. The van der Waals surface area contributed by atoms with Gasteiger partial charge >= 0.3 is 5.97 Å². The van der Waals surface area contributed by atoms with Gasteiger partial charge in [-0.2, -0.15) is 0 Å². The van der Waals surface area contributed by atoms with Crippen molar-refractivity contribution in [2.45, 2.75) is 18.9 Å². The van der Waals surface area contributed by atoms with Gasteiger partial charge < -0.3 is 9.64 Å². The zero-order chi connectivity index (χ0) is 16.2. The highest BCUT2D eigenvalue weighted by Crippen LogP contribution is 2.21. The first-order valence-corrected chi connectivity index (χ1v) is 7.73. The maximum absolute atomic E-state index is 12.5. The first-order valence-electron chi connectivity index (χ1n) is 7.73. The van der Waals surface area contributed by atoms with Crippen molar-refractivity contribution in [3.8, 4) is 0 Å². The molecule has 1 unspecified atom stereocenters. The number of cyclic esters (lactones) is 1.